The van der Waals surface area contributed by atoms with Crippen LogP contribution in [-0.2, 0) is 17.8 Å². The summed E-state index contributed by atoms with van der Waals surface area (Å²) in [4.78, 5) is 16.1. The van der Waals surface area contributed by atoms with E-state index in [-0.39, 0.29) is 11.8 Å². The third-order valence-electron chi connectivity index (χ3n) is 5.77. The number of rotatable bonds is 8. The first kappa shape index (κ1) is 23.0. The normalized spacial score (nSPS) is 11.2. The van der Waals surface area contributed by atoms with Gasteiger partial charge in [0.2, 0.25) is 0 Å². The Kier molecular flexibility index (Phi) is 7.11. The van der Waals surface area contributed by atoms with Gasteiger partial charge in [-0.1, -0.05) is 30.3 Å². The molecule has 2 heterocycles. The number of carbonyl (C=O) groups excluding carboxylic acids is 1. The van der Waals surface area contributed by atoms with Crippen molar-refractivity contribution in [2.45, 2.75) is 26.9 Å². The molecule has 4 aromatic rings. The predicted octanol–water partition coefficient (Wildman–Crippen LogP) is 6.52. The molecular formula is C26H28FN3O2S. The van der Waals surface area contributed by atoms with Crippen molar-refractivity contribution in [1.29, 1.82) is 0 Å². The Labute approximate surface area is 197 Å². The number of anilines is 1. The number of nitrogens with one attached hydrogen (secondary N) is 1. The molecule has 0 spiro atoms. The van der Waals surface area contributed by atoms with E-state index in [0.29, 0.717) is 30.9 Å². The van der Waals surface area contributed by atoms with E-state index in [0.717, 1.165) is 33.6 Å². The fraction of sp³-hybridized carbons (Fsp3) is 0.269. The number of nitrogens with zero attached hydrogens (tertiary/aromatic N) is 2. The van der Waals surface area contributed by atoms with Crippen LogP contribution in [0.4, 0.5) is 14.9 Å². The lowest BCUT2D eigenvalue weighted by Crippen LogP contribution is -2.37. The summed E-state index contributed by atoms with van der Waals surface area (Å²) in [6, 6.07) is 16.9. The standard InChI is InChI=1S/C26H28FN3O2S/c1-4-30-23-9-6-5-8-20(23)21(25(30)24-10-7-15-33-24)17-29(13-14-32-3)26(31)28-19-12-11-18(2)22(27)16-19/h5-12,15-16H,4,13-14,17H2,1-3H3,(H,28,31). The number of amides is 2. The number of hydrogen-bond acceptors (Lipinski definition) is 3. The van der Waals surface area contributed by atoms with Gasteiger partial charge < -0.3 is 19.5 Å². The van der Waals surface area contributed by atoms with E-state index in [1.54, 1.807) is 42.4 Å². The van der Waals surface area contributed by atoms with Gasteiger partial charge in [0.15, 0.2) is 0 Å². The molecule has 0 fully saturated rings. The molecule has 2 aromatic carbocycles. The number of methoxy groups -OCH3 is 1. The second kappa shape index (κ2) is 10.2. The Hall–Kier alpha value is -3.16. The molecule has 0 aliphatic carbocycles. The number of para-hydroxylation sites is 1. The third kappa shape index (κ3) is 4.79. The summed E-state index contributed by atoms with van der Waals surface area (Å²) >= 11 is 1.69. The number of halogens is 1. The molecule has 7 heteroatoms. The van der Waals surface area contributed by atoms with E-state index in [4.69, 9.17) is 4.74 Å². The van der Waals surface area contributed by atoms with Crippen LogP contribution in [-0.4, -0.2) is 35.8 Å². The van der Waals surface area contributed by atoms with Gasteiger partial charge >= 0.3 is 6.03 Å². The monoisotopic (exact) mass is 465 g/mol. The summed E-state index contributed by atoms with van der Waals surface area (Å²) in [5.41, 5.74) is 4.34. The molecule has 0 aliphatic rings. The molecule has 2 aromatic heterocycles. The third-order valence-corrected chi connectivity index (χ3v) is 6.65. The summed E-state index contributed by atoms with van der Waals surface area (Å²) in [5.74, 6) is -0.345. The highest BCUT2D eigenvalue weighted by atomic mass is 32.1. The molecule has 172 valence electrons. The number of benzene rings is 2. The second-order valence-corrected chi connectivity index (χ2v) is 8.82. The molecule has 4 rings (SSSR count). The van der Waals surface area contributed by atoms with Crippen LogP contribution >= 0.6 is 11.3 Å². The summed E-state index contributed by atoms with van der Waals surface area (Å²) in [5, 5.41) is 6.04. The van der Waals surface area contributed by atoms with E-state index in [1.165, 1.54) is 6.07 Å². The van der Waals surface area contributed by atoms with Crippen LogP contribution in [0.15, 0.2) is 60.0 Å². The van der Waals surface area contributed by atoms with Crippen molar-refractivity contribution in [2.24, 2.45) is 0 Å². The molecule has 33 heavy (non-hydrogen) atoms. The van der Waals surface area contributed by atoms with Crippen molar-refractivity contribution in [3.05, 3.63) is 76.9 Å². The fourth-order valence-electron chi connectivity index (χ4n) is 4.08. The number of aryl methyl sites for hydroxylation is 2. The Morgan fingerprint density at radius 1 is 1.18 bits per heavy atom. The van der Waals surface area contributed by atoms with Gasteiger partial charge in [0.1, 0.15) is 5.82 Å². The van der Waals surface area contributed by atoms with Gasteiger partial charge in [-0.05, 0) is 49.1 Å². The van der Waals surface area contributed by atoms with Crippen LogP contribution in [0, 0.1) is 12.7 Å². The number of urea groups is 1. The van der Waals surface area contributed by atoms with Crippen LogP contribution < -0.4 is 5.32 Å². The average Bonchev–Trinajstić information content (AvgIpc) is 3.45. The van der Waals surface area contributed by atoms with Crippen LogP contribution in [0.3, 0.4) is 0 Å². The Morgan fingerprint density at radius 3 is 2.70 bits per heavy atom. The van der Waals surface area contributed by atoms with Crippen LogP contribution in [0.5, 0.6) is 0 Å². The molecular weight excluding hydrogens is 437 g/mol. The fourth-order valence-corrected chi connectivity index (χ4v) is 4.88. The second-order valence-electron chi connectivity index (χ2n) is 7.87. The first-order valence-electron chi connectivity index (χ1n) is 11.0. The minimum absolute atomic E-state index is 0.291. The first-order chi connectivity index (χ1) is 16.0. The Bertz CT molecular complexity index is 1250. The molecule has 0 aliphatic heterocycles. The molecule has 0 saturated carbocycles. The van der Waals surface area contributed by atoms with Gasteiger partial charge in [-0.2, -0.15) is 0 Å². The minimum atomic E-state index is -0.345. The zero-order valence-electron chi connectivity index (χ0n) is 19.1. The van der Waals surface area contributed by atoms with E-state index in [1.807, 2.05) is 18.2 Å². The molecule has 0 saturated heterocycles. The van der Waals surface area contributed by atoms with Crippen molar-refractivity contribution in [1.82, 2.24) is 9.47 Å². The molecule has 0 unspecified atom stereocenters. The molecule has 0 atom stereocenters. The molecule has 0 bridgehead atoms. The summed E-state index contributed by atoms with van der Waals surface area (Å²) in [7, 11) is 1.62. The maximum absolute atomic E-state index is 14.0. The van der Waals surface area contributed by atoms with E-state index < -0.39 is 0 Å². The lowest BCUT2D eigenvalue weighted by molar-refractivity contribution is 0.153. The zero-order valence-corrected chi connectivity index (χ0v) is 19.9. The van der Waals surface area contributed by atoms with Crippen LogP contribution in [0.1, 0.15) is 18.1 Å². The number of carbonyl (C=O) groups is 1. The summed E-state index contributed by atoms with van der Waals surface area (Å²) in [6.45, 7) is 5.86. The van der Waals surface area contributed by atoms with Crippen LogP contribution in [0.2, 0.25) is 0 Å². The highest BCUT2D eigenvalue weighted by molar-refractivity contribution is 7.13. The minimum Gasteiger partial charge on any atom is -0.383 e. The number of aromatic nitrogens is 1. The zero-order chi connectivity index (χ0) is 23.4. The van der Waals surface area contributed by atoms with Crippen molar-refractivity contribution < 1.29 is 13.9 Å². The maximum atomic E-state index is 14.0. The van der Waals surface area contributed by atoms with Crippen LogP contribution in [0.25, 0.3) is 21.5 Å². The van der Waals surface area contributed by atoms with Gasteiger partial charge in [-0.25, -0.2) is 9.18 Å². The van der Waals surface area contributed by atoms with Crippen molar-refractivity contribution in [3.8, 4) is 10.6 Å². The van der Waals surface area contributed by atoms with E-state index in [9.17, 15) is 9.18 Å². The summed E-state index contributed by atoms with van der Waals surface area (Å²) in [6.07, 6.45) is 0. The molecule has 2 amide bonds. The van der Waals surface area contributed by atoms with Gasteiger partial charge in [-0.3, -0.25) is 0 Å². The van der Waals surface area contributed by atoms with Gasteiger partial charge in [0.25, 0.3) is 0 Å². The van der Waals surface area contributed by atoms with Crippen molar-refractivity contribution >= 4 is 34.0 Å². The number of ether oxygens (including phenoxy) is 1. The average molecular weight is 466 g/mol. The number of fused-ring (bicyclic) bond motifs is 1. The molecule has 0 radical (unpaired) electrons. The Morgan fingerprint density at radius 2 is 2.00 bits per heavy atom. The highest BCUT2D eigenvalue weighted by Crippen LogP contribution is 2.37. The molecule has 1 N–H and O–H groups in total. The highest BCUT2D eigenvalue weighted by Gasteiger charge is 2.23. The Balaban J connectivity index is 1.73. The smallest absolute Gasteiger partial charge is 0.322 e. The van der Waals surface area contributed by atoms with Gasteiger partial charge in [0.05, 0.1) is 23.7 Å². The number of hydrogen-bond donors (Lipinski definition) is 1. The van der Waals surface area contributed by atoms with Crippen molar-refractivity contribution in [3.63, 3.8) is 0 Å². The molecule has 5 nitrogen and oxygen atoms in total. The van der Waals surface area contributed by atoms with Gasteiger partial charge in [0, 0.05) is 42.4 Å². The number of thiophene rings is 1. The van der Waals surface area contributed by atoms with Crippen molar-refractivity contribution in [2.75, 3.05) is 25.6 Å². The van der Waals surface area contributed by atoms with E-state index >= 15 is 0 Å². The van der Waals surface area contributed by atoms with E-state index in [2.05, 4.69) is 40.4 Å². The summed E-state index contributed by atoms with van der Waals surface area (Å²) < 4.78 is 21.6. The lowest BCUT2D eigenvalue weighted by atomic mass is 10.1. The predicted molar refractivity (Wildman–Crippen MR) is 133 cm³/mol. The lowest BCUT2D eigenvalue weighted by Gasteiger charge is -2.24. The maximum Gasteiger partial charge on any atom is 0.322 e. The SMILES string of the molecule is CCn1c(-c2cccs2)c(CN(CCOC)C(=O)Nc2ccc(C)c(F)c2)c2ccccc21. The quantitative estimate of drug-likeness (QED) is 0.322. The largest absolute Gasteiger partial charge is 0.383 e. The van der Waals surface area contributed by atoms with Gasteiger partial charge in [-0.15, -0.1) is 11.3 Å². The first-order valence-corrected chi connectivity index (χ1v) is 11.9. The topological polar surface area (TPSA) is 46.5 Å².